The van der Waals surface area contributed by atoms with E-state index in [0.29, 0.717) is 12.6 Å². The summed E-state index contributed by atoms with van der Waals surface area (Å²) in [6.45, 7) is 10.2. The van der Waals surface area contributed by atoms with Gasteiger partial charge in [0, 0.05) is 41.5 Å². The molecule has 0 saturated carbocycles. The molecule has 4 aromatic rings. The Bertz CT molecular complexity index is 1470. The van der Waals surface area contributed by atoms with Crippen molar-refractivity contribution in [1.29, 1.82) is 0 Å². The molecule has 0 radical (unpaired) electrons. The van der Waals surface area contributed by atoms with Gasteiger partial charge in [-0.05, 0) is 50.1 Å². The first-order valence-corrected chi connectivity index (χ1v) is 13.7. The Morgan fingerprint density at radius 2 is 2.03 bits per heavy atom. The summed E-state index contributed by atoms with van der Waals surface area (Å²) in [6.07, 6.45) is 3.98. The molecule has 0 aliphatic carbocycles. The molecule has 7 rings (SSSR count). The number of morpholine rings is 1. The molecule has 3 aliphatic rings. The van der Waals surface area contributed by atoms with Crippen LogP contribution in [0.15, 0.2) is 54.9 Å². The van der Waals surface area contributed by atoms with Gasteiger partial charge in [-0.2, -0.15) is 0 Å². The second kappa shape index (κ2) is 9.22. The highest BCUT2D eigenvalue weighted by atomic mass is 16.5. The van der Waals surface area contributed by atoms with Crippen molar-refractivity contribution in [2.45, 2.75) is 38.3 Å². The molecule has 1 N–H and O–H groups in total. The van der Waals surface area contributed by atoms with Crippen LogP contribution in [0.25, 0.3) is 27.8 Å². The molecule has 198 valence electrons. The Labute approximate surface area is 222 Å². The average molecular weight is 514 g/mol. The number of rotatable bonds is 5. The molecule has 1 spiro atoms. The van der Waals surface area contributed by atoms with E-state index >= 15 is 0 Å². The summed E-state index contributed by atoms with van der Waals surface area (Å²) in [5.74, 6) is 1.70. The van der Waals surface area contributed by atoms with Gasteiger partial charge < -0.3 is 24.4 Å². The fourth-order valence-electron chi connectivity index (χ4n) is 6.23. The summed E-state index contributed by atoms with van der Waals surface area (Å²) in [5.41, 5.74) is 4.32. The minimum Gasteiger partial charge on any atom is -0.493 e. The van der Waals surface area contributed by atoms with Gasteiger partial charge in [0.15, 0.2) is 0 Å². The van der Waals surface area contributed by atoms with Crippen LogP contribution in [0.5, 0.6) is 5.75 Å². The van der Waals surface area contributed by atoms with Gasteiger partial charge in [0.2, 0.25) is 0 Å². The third-order valence-electron chi connectivity index (χ3n) is 8.42. The topological polar surface area (TPSA) is 73.7 Å². The van der Waals surface area contributed by atoms with Crippen LogP contribution in [0.4, 0.5) is 5.69 Å². The fraction of sp³-hybridized carbons (Fsp3) is 0.467. The summed E-state index contributed by atoms with van der Waals surface area (Å²) in [4.78, 5) is 12.4. The molecule has 0 amide bonds. The standard InChI is InChI=1S/C30H35N5O3/c1-21-15-30(19-36-13-11-32-30)10-12-34(21)26-5-3-4-22-6-9-27(33-28(22)26)35-20-31-24-14-23(7-8-25(24)35)38-18-29(2)16-37-17-29/h3-9,14,20-21,32H,10-13,15-19H2,1-2H3. The van der Waals surface area contributed by atoms with E-state index in [2.05, 4.69) is 70.0 Å². The van der Waals surface area contributed by atoms with Crippen LogP contribution in [0, 0.1) is 5.41 Å². The highest BCUT2D eigenvalue weighted by molar-refractivity contribution is 5.92. The van der Waals surface area contributed by atoms with E-state index in [4.69, 9.17) is 19.2 Å². The highest BCUT2D eigenvalue weighted by Crippen LogP contribution is 2.36. The molecule has 0 bridgehead atoms. The third-order valence-corrected chi connectivity index (χ3v) is 8.42. The van der Waals surface area contributed by atoms with Crippen LogP contribution in [-0.2, 0) is 9.47 Å². The van der Waals surface area contributed by atoms with Gasteiger partial charge in [0.1, 0.15) is 17.9 Å². The molecular formula is C30H35N5O3. The van der Waals surface area contributed by atoms with E-state index in [1.165, 1.54) is 5.69 Å². The van der Waals surface area contributed by atoms with Crippen molar-refractivity contribution in [2.24, 2.45) is 5.41 Å². The van der Waals surface area contributed by atoms with Crippen molar-refractivity contribution in [2.75, 3.05) is 51.0 Å². The predicted octanol–water partition coefficient (Wildman–Crippen LogP) is 4.34. The van der Waals surface area contributed by atoms with E-state index in [9.17, 15) is 0 Å². The number of fused-ring (bicyclic) bond motifs is 2. The van der Waals surface area contributed by atoms with Crippen LogP contribution in [0.1, 0.15) is 26.7 Å². The maximum atomic E-state index is 6.07. The number of piperidine rings is 1. The van der Waals surface area contributed by atoms with Crippen molar-refractivity contribution in [3.63, 3.8) is 0 Å². The summed E-state index contributed by atoms with van der Waals surface area (Å²) in [6, 6.07) is 17.2. The molecule has 2 atom stereocenters. The zero-order chi connectivity index (χ0) is 25.7. The Hall–Kier alpha value is -3.20. The summed E-state index contributed by atoms with van der Waals surface area (Å²) in [7, 11) is 0. The number of pyridine rings is 1. The lowest BCUT2D eigenvalue weighted by Gasteiger charge is -2.48. The molecule has 2 aromatic carbocycles. The quantitative estimate of drug-likeness (QED) is 0.426. The molecule has 2 unspecified atom stereocenters. The number of hydrogen-bond donors (Lipinski definition) is 1. The van der Waals surface area contributed by atoms with Gasteiger partial charge in [-0.15, -0.1) is 0 Å². The second-order valence-corrected chi connectivity index (χ2v) is 11.6. The number of anilines is 1. The Morgan fingerprint density at radius 1 is 1.11 bits per heavy atom. The molecule has 3 fully saturated rings. The average Bonchev–Trinajstić information content (AvgIpc) is 3.34. The number of aromatic nitrogens is 3. The minimum absolute atomic E-state index is 0.0962. The lowest BCUT2D eigenvalue weighted by molar-refractivity contribution is -0.120. The predicted molar refractivity (Wildman–Crippen MR) is 148 cm³/mol. The van der Waals surface area contributed by atoms with E-state index < -0.39 is 0 Å². The van der Waals surface area contributed by atoms with Crippen molar-refractivity contribution in [3.05, 3.63) is 54.9 Å². The first-order valence-electron chi connectivity index (χ1n) is 13.7. The van der Waals surface area contributed by atoms with E-state index in [0.717, 1.165) is 85.9 Å². The number of benzene rings is 2. The molecule has 2 aromatic heterocycles. The number of hydrogen-bond acceptors (Lipinski definition) is 7. The Balaban J connectivity index is 1.18. The normalized spacial score (nSPS) is 25.1. The largest absolute Gasteiger partial charge is 0.493 e. The summed E-state index contributed by atoms with van der Waals surface area (Å²) < 4.78 is 19.3. The lowest BCUT2D eigenvalue weighted by Crippen LogP contribution is -2.61. The van der Waals surface area contributed by atoms with Gasteiger partial charge in [-0.25, -0.2) is 9.97 Å². The number of ether oxygens (including phenoxy) is 3. The van der Waals surface area contributed by atoms with Gasteiger partial charge in [0.05, 0.1) is 55.3 Å². The molecule has 8 nitrogen and oxygen atoms in total. The van der Waals surface area contributed by atoms with Crippen molar-refractivity contribution >= 4 is 27.6 Å². The smallest absolute Gasteiger partial charge is 0.139 e. The number of imidazole rings is 1. The van der Waals surface area contributed by atoms with Crippen LogP contribution in [0.3, 0.4) is 0 Å². The van der Waals surface area contributed by atoms with Crippen LogP contribution in [0.2, 0.25) is 0 Å². The molecule has 5 heterocycles. The molecule has 38 heavy (non-hydrogen) atoms. The maximum absolute atomic E-state index is 6.07. The van der Waals surface area contributed by atoms with E-state index in [1.807, 2.05) is 18.5 Å². The van der Waals surface area contributed by atoms with Gasteiger partial charge >= 0.3 is 0 Å². The molecule has 3 aliphatic heterocycles. The van der Waals surface area contributed by atoms with E-state index in [-0.39, 0.29) is 11.0 Å². The molecule has 8 heteroatoms. The van der Waals surface area contributed by atoms with Crippen LogP contribution in [-0.4, -0.2) is 72.2 Å². The monoisotopic (exact) mass is 513 g/mol. The first-order chi connectivity index (χ1) is 18.5. The third kappa shape index (κ3) is 4.21. The number of para-hydroxylation sites is 1. The number of nitrogens with zero attached hydrogens (tertiary/aromatic N) is 4. The lowest BCUT2D eigenvalue weighted by atomic mass is 9.83. The molecular weight excluding hydrogens is 478 g/mol. The first kappa shape index (κ1) is 23.9. The minimum atomic E-state index is 0.0962. The Kier molecular flexibility index (Phi) is 5.80. The van der Waals surface area contributed by atoms with Gasteiger partial charge in [0.25, 0.3) is 0 Å². The summed E-state index contributed by atoms with van der Waals surface area (Å²) in [5, 5.41) is 4.90. The second-order valence-electron chi connectivity index (χ2n) is 11.6. The molecule has 3 saturated heterocycles. The van der Waals surface area contributed by atoms with E-state index in [1.54, 1.807) is 0 Å². The number of nitrogens with one attached hydrogen (secondary N) is 1. The zero-order valence-electron chi connectivity index (χ0n) is 22.2. The fourth-order valence-corrected chi connectivity index (χ4v) is 6.23. The van der Waals surface area contributed by atoms with Gasteiger partial charge in [-0.1, -0.05) is 19.1 Å². The van der Waals surface area contributed by atoms with Crippen molar-refractivity contribution in [1.82, 2.24) is 19.9 Å². The Morgan fingerprint density at radius 3 is 2.82 bits per heavy atom. The van der Waals surface area contributed by atoms with Gasteiger partial charge in [-0.3, -0.25) is 4.57 Å². The summed E-state index contributed by atoms with van der Waals surface area (Å²) >= 11 is 0. The van der Waals surface area contributed by atoms with Crippen LogP contribution < -0.4 is 15.0 Å². The maximum Gasteiger partial charge on any atom is 0.139 e. The highest BCUT2D eigenvalue weighted by Gasteiger charge is 2.40. The van der Waals surface area contributed by atoms with Crippen molar-refractivity contribution < 1.29 is 14.2 Å². The van der Waals surface area contributed by atoms with Crippen molar-refractivity contribution in [3.8, 4) is 11.6 Å². The zero-order valence-corrected chi connectivity index (χ0v) is 22.2. The van der Waals surface area contributed by atoms with Crippen LogP contribution >= 0.6 is 0 Å². The SMILES string of the molecule is CC1CC2(CCN1c1cccc3ccc(-n4cnc5cc(OCC6(C)COC6)ccc54)nc13)COCCN2.